The lowest BCUT2D eigenvalue weighted by Gasteiger charge is -2.48. The topological polar surface area (TPSA) is 36.4 Å². The summed E-state index contributed by atoms with van der Waals surface area (Å²) in [6, 6.07) is 5.84. The second-order valence-electron chi connectivity index (χ2n) is 7.43. The van der Waals surface area contributed by atoms with Gasteiger partial charge >= 0.3 is 0 Å². The highest BCUT2D eigenvalue weighted by Crippen LogP contribution is 2.39. The van der Waals surface area contributed by atoms with E-state index < -0.39 is 0 Å². The van der Waals surface area contributed by atoms with Gasteiger partial charge < -0.3 is 4.90 Å². The minimum absolute atomic E-state index is 0.276. The first-order valence-corrected chi connectivity index (χ1v) is 9.60. The summed E-state index contributed by atoms with van der Waals surface area (Å²) in [6.45, 7) is 7.07. The molecule has 0 unspecified atom stereocenters. The van der Waals surface area contributed by atoms with Gasteiger partial charge in [0.2, 0.25) is 5.91 Å². The first kappa shape index (κ1) is 17.7. The normalized spacial score (nSPS) is 25.4. The predicted octanol–water partition coefficient (Wildman–Crippen LogP) is 3.74. The maximum absolute atomic E-state index is 12.2. The average molecular weight is 350 g/mol. The summed E-state index contributed by atoms with van der Waals surface area (Å²) in [5.74, 6) is 0.350. The predicted molar refractivity (Wildman–Crippen MR) is 96.9 cm³/mol. The van der Waals surface area contributed by atoms with Crippen LogP contribution in [0, 0.1) is 5.41 Å². The van der Waals surface area contributed by atoms with Crippen LogP contribution in [0.2, 0.25) is 5.15 Å². The molecule has 0 radical (unpaired) electrons. The summed E-state index contributed by atoms with van der Waals surface area (Å²) in [6.07, 6.45) is 6.45. The van der Waals surface area contributed by atoms with Crippen molar-refractivity contribution in [1.29, 1.82) is 0 Å². The molecule has 1 amide bonds. The second kappa shape index (κ2) is 7.83. The molecule has 3 rings (SSSR count). The van der Waals surface area contributed by atoms with E-state index in [1.165, 1.54) is 12.8 Å². The van der Waals surface area contributed by atoms with Gasteiger partial charge in [0.15, 0.2) is 0 Å². The number of hydrogen-bond donors (Lipinski definition) is 0. The minimum Gasteiger partial charge on any atom is -0.342 e. The summed E-state index contributed by atoms with van der Waals surface area (Å²) in [7, 11) is 0. The third-order valence-electron chi connectivity index (χ3n) is 5.43. The highest BCUT2D eigenvalue weighted by atomic mass is 35.5. The standard InChI is InChI=1S/C19H28ClN3O/c1-2-3-12-23-15-19(10-8-18(23)24)9-5-11-22(14-19)13-16-6-4-7-17(20)21-16/h4,6-7H,2-3,5,8-15H2,1H3/t19-/m1/s1. The zero-order chi connectivity index (χ0) is 17.0. The smallest absolute Gasteiger partial charge is 0.222 e. The summed E-state index contributed by atoms with van der Waals surface area (Å²) >= 11 is 6.01. The van der Waals surface area contributed by atoms with Crippen LogP contribution in [0.15, 0.2) is 18.2 Å². The zero-order valence-corrected chi connectivity index (χ0v) is 15.4. The van der Waals surface area contributed by atoms with Crippen LogP contribution in [0.3, 0.4) is 0 Å². The van der Waals surface area contributed by atoms with Crippen molar-refractivity contribution < 1.29 is 4.79 Å². The zero-order valence-electron chi connectivity index (χ0n) is 14.6. The van der Waals surface area contributed by atoms with Crippen LogP contribution in [0.4, 0.5) is 0 Å². The Balaban J connectivity index is 1.64. The van der Waals surface area contributed by atoms with Crippen LogP contribution < -0.4 is 0 Å². The lowest BCUT2D eigenvalue weighted by atomic mass is 9.73. The molecule has 2 saturated heterocycles. The lowest BCUT2D eigenvalue weighted by Crippen LogP contribution is -2.54. The molecule has 0 N–H and O–H groups in total. The Morgan fingerprint density at radius 2 is 2.17 bits per heavy atom. The van der Waals surface area contributed by atoms with Crippen molar-refractivity contribution >= 4 is 17.5 Å². The fraction of sp³-hybridized carbons (Fsp3) is 0.684. The number of likely N-dealkylation sites (tertiary alicyclic amines) is 2. The van der Waals surface area contributed by atoms with Gasteiger partial charge in [-0.3, -0.25) is 9.69 Å². The first-order valence-electron chi connectivity index (χ1n) is 9.22. The fourth-order valence-electron chi connectivity index (χ4n) is 4.20. The number of carbonyl (C=O) groups is 1. The van der Waals surface area contributed by atoms with E-state index in [-0.39, 0.29) is 5.41 Å². The summed E-state index contributed by atoms with van der Waals surface area (Å²) in [5.41, 5.74) is 1.31. The van der Waals surface area contributed by atoms with Gasteiger partial charge in [0, 0.05) is 38.0 Å². The molecule has 3 heterocycles. The van der Waals surface area contributed by atoms with Crippen molar-refractivity contribution in [1.82, 2.24) is 14.8 Å². The third kappa shape index (κ3) is 4.28. The second-order valence-corrected chi connectivity index (χ2v) is 7.82. The molecule has 1 aromatic heterocycles. The number of carbonyl (C=O) groups excluding carboxylic acids is 1. The van der Waals surface area contributed by atoms with Gasteiger partial charge in [-0.15, -0.1) is 0 Å². The van der Waals surface area contributed by atoms with Crippen molar-refractivity contribution in [2.45, 2.75) is 52.0 Å². The van der Waals surface area contributed by atoms with Crippen LogP contribution in [0.5, 0.6) is 0 Å². The molecule has 132 valence electrons. The molecule has 1 atom stereocenters. The largest absolute Gasteiger partial charge is 0.342 e. The summed E-state index contributed by atoms with van der Waals surface area (Å²) in [5, 5.41) is 0.563. The molecule has 1 aromatic rings. The molecule has 2 fully saturated rings. The van der Waals surface area contributed by atoms with Crippen LogP contribution in [0.1, 0.15) is 51.1 Å². The van der Waals surface area contributed by atoms with E-state index in [1.54, 1.807) is 0 Å². The molecular formula is C19H28ClN3O. The van der Waals surface area contributed by atoms with Crippen LogP contribution in [-0.4, -0.2) is 46.9 Å². The monoisotopic (exact) mass is 349 g/mol. The number of rotatable bonds is 5. The number of nitrogens with zero attached hydrogens (tertiary/aromatic N) is 3. The molecule has 5 heteroatoms. The summed E-state index contributed by atoms with van der Waals surface area (Å²) < 4.78 is 0. The van der Waals surface area contributed by atoms with Crippen LogP contribution >= 0.6 is 11.6 Å². The maximum Gasteiger partial charge on any atom is 0.222 e. The number of halogens is 1. The fourth-order valence-corrected chi connectivity index (χ4v) is 4.38. The van der Waals surface area contributed by atoms with E-state index in [4.69, 9.17) is 11.6 Å². The molecule has 0 aliphatic carbocycles. The van der Waals surface area contributed by atoms with Gasteiger partial charge in [-0.25, -0.2) is 4.98 Å². The quantitative estimate of drug-likeness (QED) is 0.760. The molecule has 0 aromatic carbocycles. The number of pyridine rings is 1. The van der Waals surface area contributed by atoms with E-state index in [0.717, 1.165) is 57.7 Å². The Morgan fingerprint density at radius 1 is 1.29 bits per heavy atom. The van der Waals surface area contributed by atoms with E-state index >= 15 is 0 Å². The van der Waals surface area contributed by atoms with E-state index in [1.807, 2.05) is 18.2 Å². The molecule has 24 heavy (non-hydrogen) atoms. The van der Waals surface area contributed by atoms with Crippen molar-refractivity contribution in [3.8, 4) is 0 Å². The Hall–Kier alpha value is -1.13. The summed E-state index contributed by atoms with van der Waals surface area (Å²) in [4.78, 5) is 21.3. The van der Waals surface area contributed by atoms with Crippen molar-refractivity contribution in [3.63, 3.8) is 0 Å². The van der Waals surface area contributed by atoms with Gasteiger partial charge in [-0.05, 0) is 44.4 Å². The number of piperidine rings is 2. The SMILES string of the molecule is CCCCN1C[C@]2(CCCN(Cc3cccc(Cl)n3)C2)CCC1=O. The Morgan fingerprint density at radius 3 is 2.96 bits per heavy atom. The average Bonchev–Trinajstić information content (AvgIpc) is 2.56. The molecule has 0 saturated carbocycles. The number of hydrogen-bond acceptors (Lipinski definition) is 3. The van der Waals surface area contributed by atoms with Gasteiger partial charge in [0.25, 0.3) is 0 Å². The maximum atomic E-state index is 12.2. The molecule has 2 aliphatic heterocycles. The Labute approximate surface area is 150 Å². The molecule has 0 bridgehead atoms. The molecule has 4 nitrogen and oxygen atoms in total. The van der Waals surface area contributed by atoms with Gasteiger partial charge in [0.05, 0.1) is 5.69 Å². The Bertz CT molecular complexity index is 579. The molecular weight excluding hydrogens is 322 g/mol. The van der Waals surface area contributed by atoms with E-state index in [9.17, 15) is 4.79 Å². The van der Waals surface area contributed by atoms with Crippen LogP contribution in [-0.2, 0) is 11.3 Å². The number of unbranched alkanes of at least 4 members (excludes halogenated alkanes) is 1. The van der Waals surface area contributed by atoms with Gasteiger partial charge in [-0.1, -0.05) is 31.0 Å². The van der Waals surface area contributed by atoms with Crippen LogP contribution in [0.25, 0.3) is 0 Å². The minimum atomic E-state index is 0.276. The third-order valence-corrected chi connectivity index (χ3v) is 5.64. The lowest BCUT2D eigenvalue weighted by molar-refractivity contribution is -0.139. The van der Waals surface area contributed by atoms with Gasteiger partial charge in [0.1, 0.15) is 5.15 Å². The highest BCUT2D eigenvalue weighted by molar-refractivity contribution is 6.29. The van der Waals surface area contributed by atoms with Gasteiger partial charge in [-0.2, -0.15) is 0 Å². The van der Waals surface area contributed by atoms with Crippen molar-refractivity contribution in [2.75, 3.05) is 26.2 Å². The molecule has 1 spiro atoms. The first-order chi connectivity index (χ1) is 11.6. The van der Waals surface area contributed by atoms with E-state index in [2.05, 4.69) is 21.7 Å². The number of amides is 1. The number of aromatic nitrogens is 1. The molecule has 2 aliphatic rings. The van der Waals surface area contributed by atoms with E-state index in [0.29, 0.717) is 17.5 Å². The Kier molecular flexibility index (Phi) is 5.77. The van der Waals surface area contributed by atoms with Crippen molar-refractivity contribution in [3.05, 3.63) is 29.0 Å². The highest BCUT2D eigenvalue weighted by Gasteiger charge is 2.41. The van der Waals surface area contributed by atoms with Crippen molar-refractivity contribution in [2.24, 2.45) is 5.41 Å².